The van der Waals surface area contributed by atoms with E-state index in [-0.39, 0.29) is 5.69 Å². The topological polar surface area (TPSA) is 109 Å². The SMILES string of the molecule is COc1cc(-c2ccnc(Nc3cccc([N+](=O)[O-])c3)n2)cc(OC)c1OC. The van der Waals surface area contributed by atoms with Gasteiger partial charge in [-0.15, -0.1) is 0 Å². The fraction of sp³-hybridized carbons (Fsp3) is 0.158. The van der Waals surface area contributed by atoms with E-state index in [0.717, 1.165) is 5.56 Å². The van der Waals surface area contributed by atoms with E-state index in [4.69, 9.17) is 14.2 Å². The predicted molar refractivity (Wildman–Crippen MR) is 104 cm³/mol. The molecule has 144 valence electrons. The molecule has 3 rings (SSSR count). The van der Waals surface area contributed by atoms with Crippen molar-refractivity contribution in [3.8, 4) is 28.5 Å². The van der Waals surface area contributed by atoms with Crippen LogP contribution in [0.25, 0.3) is 11.3 Å². The summed E-state index contributed by atoms with van der Waals surface area (Å²) in [6, 6.07) is 11.4. The lowest BCUT2D eigenvalue weighted by Crippen LogP contribution is -2.00. The first-order valence-corrected chi connectivity index (χ1v) is 8.20. The quantitative estimate of drug-likeness (QED) is 0.485. The van der Waals surface area contributed by atoms with Crippen molar-refractivity contribution in [3.63, 3.8) is 0 Å². The Morgan fingerprint density at radius 1 is 1.00 bits per heavy atom. The number of nitrogens with zero attached hydrogens (tertiary/aromatic N) is 3. The Morgan fingerprint density at radius 3 is 2.32 bits per heavy atom. The van der Waals surface area contributed by atoms with Crippen molar-refractivity contribution < 1.29 is 19.1 Å². The zero-order chi connectivity index (χ0) is 20.1. The number of nitrogens with one attached hydrogen (secondary N) is 1. The highest BCUT2D eigenvalue weighted by atomic mass is 16.6. The summed E-state index contributed by atoms with van der Waals surface area (Å²) in [7, 11) is 4.61. The first-order chi connectivity index (χ1) is 13.5. The van der Waals surface area contributed by atoms with Gasteiger partial charge in [0, 0.05) is 29.6 Å². The number of hydrogen-bond donors (Lipinski definition) is 1. The Kier molecular flexibility index (Phi) is 5.54. The van der Waals surface area contributed by atoms with Crippen molar-refractivity contribution in [1.82, 2.24) is 9.97 Å². The number of nitro benzene ring substituents is 1. The Labute approximate surface area is 161 Å². The summed E-state index contributed by atoms with van der Waals surface area (Å²) in [4.78, 5) is 19.1. The highest BCUT2D eigenvalue weighted by molar-refractivity contribution is 5.69. The molecule has 0 atom stereocenters. The van der Waals surface area contributed by atoms with Crippen LogP contribution in [0.3, 0.4) is 0 Å². The van der Waals surface area contributed by atoms with Crippen LogP contribution in [-0.2, 0) is 0 Å². The molecule has 0 aliphatic carbocycles. The fourth-order valence-electron chi connectivity index (χ4n) is 2.63. The van der Waals surface area contributed by atoms with Crippen LogP contribution < -0.4 is 19.5 Å². The third-order valence-electron chi connectivity index (χ3n) is 3.93. The summed E-state index contributed by atoms with van der Waals surface area (Å²) in [6.07, 6.45) is 1.59. The minimum absolute atomic E-state index is 0.0224. The number of rotatable bonds is 7. The van der Waals surface area contributed by atoms with Gasteiger partial charge in [0.1, 0.15) is 0 Å². The van der Waals surface area contributed by atoms with Gasteiger partial charge in [0.25, 0.3) is 5.69 Å². The monoisotopic (exact) mass is 382 g/mol. The largest absolute Gasteiger partial charge is 0.493 e. The molecular weight excluding hydrogens is 364 g/mol. The fourth-order valence-corrected chi connectivity index (χ4v) is 2.63. The number of anilines is 2. The van der Waals surface area contributed by atoms with Gasteiger partial charge in [0.15, 0.2) is 11.5 Å². The minimum atomic E-state index is -0.460. The number of ether oxygens (including phenoxy) is 3. The van der Waals surface area contributed by atoms with Gasteiger partial charge in [0.05, 0.1) is 31.9 Å². The van der Waals surface area contributed by atoms with Gasteiger partial charge < -0.3 is 19.5 Å². The minimum Gasteiger partial charge on any atom is -0.493 e. The molecule has 9 nitrogen and oxygen atoms in total. The summed E-state index contributed by atoms with van der Waals surface area (Å²) in [5, 5.41) is 13.9. The zero-order valence-corrected chi connectivity index (χ0v) is 15.5. The normalized spacial score (nSPS) is 10.2. The van der Waals surface area contributed by atoms with E-state index in [2.05, 4.69) is 15.3 Å². The standard InChI is InChI=1S/C19H18N4O5/c1-26-16-9-12(10-17(27-2)18(16)28-3)15-7-8-20-19(22-15)21-13-5-4-6-14(11-13)23(24)25/h4-11H,1-3H3,(H,20,21,22). The molecule has 1 N–H and O–H groups in total. The predicted octanol–water partition coefficient (Wildman–Crippen LogP) is 3.82. The third-order valence-corrected chi connectivity index (χ3v) is 3.93. The second-order valence-electron chi connectivity index (χ2n) is 5.61. The van der Waals surface area contributed by atoms with Crippen molar-refractivity contribution in [1.29, 1.82) is 0 Å². The van der Waals surface area contributed by atoms with Crippen LogP contribution in [0.15, 0.2) is 48.7 Å². The highest BCUT2D eigenvalue weighted by Gasteiger charge is 2.15. The van der Waals surface area contributed by atoms with Crippen molar-refractivity contribution >= 4 is 17.3 Å². The second-order valence-corrected chi connectivity index (χ2v) is 5.61. The average Bonchev–Trinajstić information content (AvgIpc) is 2.73. The van der Waals surface area contributed by atoms with Gasteiger partial charge in [-0.3, -0.25) is 10.1 Å². The molecule has 0 bridgehead atoms. The van der Waals surface area contributed by atoms with Crippen LogP contribution in [0.5, 0.6) is 17.2 Å². The van der Waals surface area contributed by atoms with E-state index in [1.165, 1.54) is 33.5 Å². The summed E-state index contributed by atoms with van der Waals surface area (Å²) in [6.45, 7) is 0. The molecule has 1 aromatic heterocycles. The van der Waals surface area contributed by atoms with E-state index in [1.54, 1.807) is 36.5 Å². The van der Waals surface area contributed by atoms with Gasteiger partial charge in [-0.05, 0) is 24.3 Å². The molecular formula is C19H18N4O5. The lowest BCUT2D eigenvalue weighted by molar-refractivity contribution is -0.384. The number of nitro groups is 1. The van der Waals surface area contributed by atoms with E-state index < -0.39 is 4.92 Å². The van der Waals surface area contributed by atoms with Gasteiger partial charge in [-0.2, -0.15) is 0 Å². The highest BCUT2D eigenvalue weighted by Crippen LogP contribution is 2.40. The van der Waals surface area contributed by atoms with Crippen molar-refractivity contribution in [2.45, 2.75) is 0 Å². The molecule has 0 spiro atoms. The van der Waals surface area contributed by atoms with Crippen molar-refractivity contribution in [2.75, 3.05) is 26.6 Å². The molecule has 0 unspecified atom stereocenters. The maximum absolute atomic E-state index is 10.9. The maximum atomic E-state index is 10.9. The van der Waals surface area contributed by atoms with Gasteiger partial charge in [0.2, 0.25) is 11.7 Å². The molecule has 0 aliphatic heterocycles. The molecule has 0 saturated carbocycles. The number of benzene rings is 2. The van der Waals surface area contributed by atoms with Crippen LogP contribution in [0.4, 0.5) is 17.3 Å². The first kappa shape index (κ1) is 18.9. The van der Waals surface area contributed by atoms with Gasteiger partial charge in [-0.25, -0.2) is 9.97 Å². The average molecular weight is 382 g/mol. The van der Waals surface area contributed by atoms with Crippen LogP contribution in [0.2, 0.25) is 0 Å². The van der Waals surface area contributed by atoms with Gasteiger partial charge >= 0.3 is 0 Å². The molecule has 0 aliphatic rings. The summed E-state index contributed by atoms with van der Waals surface area (Å²) in [5.41, 5.74) is 1.84. The Bertz CT molecular complexity index is 984. The molecule has 0 saturated heterocycles. The molecule has 28 heavy (non-hydrogen) atoms. The molecule has 0 radical (unpaired) electrons. The lowest BCUT2D eigenvalue weighted by Gasteiger charge is -2.14. The number of hydrogen-bond acceptors (Lipinski definition) is 8. The maximum Gasteiger partial charge on any atom is 0.271 e. The second kappa shape index (κ2) is 8.21. The number of methoxy groups -OCH3 is 3. The van der Waals surface area contributed by atoms with E-state index in [9.17, 15) is 10.1 Å². The summed E-state index contributed by atoms with van der Waals surface area (Å²) in [5.74, 6) is 1.79. The molecule has 0 fully saturated rings. The number of non-ortho nitro benzene ring substituents is 1. The lowest BCUT2D eigenvalue weighted by atomic mass is 10.1. The van der Waals surface area contributed by atoms with E-state index in [1.807, 2.05) is 0 Å². The molecule has 2 aromatic carbocycles. The van der Waals surface area contributed by atoms with Crippen molar-refractivity contribution in [2.24, 2.45) is 0 Å². The van der Waals surface area contributed by atoms with E-state index in [0.29, 0.717) is 34.6 Å². The molecule has 9 heteroatoms. The third kappa shape index (κ3) is 3.93. The van der Waals surface area contributed by atoms with Crippen LogP contribution in [0.1, 0.15) is 0 Å². The van der Waals surface area contributed by atoms with Crippen molar-refractivity contribution in [3.05, 3.63) is 58.8 Å². The molecule has 1 heterocycles. The molecule has 3 aromatic rings. The van der Waals surface area contributed by atoms with Crippen LogP contribution in [-0.4, -0.2) is 36.2 Å². The van der Waals surface area contributed by atoms with Crippen LogP contribution >= 0.6 is 0 Å². The summed E-state index contributed by atoms with van der Waals surface area (Å²) >= 11 is 0. The Balaban J connectivity index is 1.95. The smallest absolute Gasteiger partial charge is 0.271 e. The number of aromatic nitrogens is 2. The molecule has 0 amide bonds. The Hall–Kier alpha value is -3.88. The first-order valence-electron chi connectivity index (χ1n) is 8.20. The van der Waals surface area contributed by atoms with Crippen LogP contribution in [0, 0.1) is 10.1 Å². The Morgan fingerprint density at radius 2 is 1.71 bits per heavy atom. The van der Waals surface area contributed by atoms with Gasteiger partial charge in [-0.1, -0.05) is 6.07 Å². The van der Waals surface area contributed by atoms with E-state index >= 15 is 0 Å². The summed E-state index contributed by atoms with van der Waals surface area (Å²) < 4.78 is 16.1. The zero-order valence-electron chi connectivity index (χ0n) is 15.5.